The second kappa shape index (κ2) is 6.70. The molecule has 1 fully saturated rings. The van der Waals surface area contributed by atoms with Crippen LogP contribution in [0.5, 0.6) is 0 Å². The van der Waals surface area contributed by atoms with E-state index in [9.17, 15) is 0 Å². The summed E-state index contributed by atoms with van der Waals surface area (Å²) in [4.78, 5) is 2.56. The molecule has 0 saturated carbocycles. The summed E-state index contributed by atoms with van der Waals surface area (Å²) in [6.07, 6.45) is 0. The molecule has 1 heterocycles. The normalized spacial score (nSPS) is 22.4. The van der Waals surface area contributed by atoms with Crippen LogP contribution in [0.25, 0.3) is 0 Å². The first-order valence-electron chi connectivity index (χ1n) is 7.59. The lowest BCUT2D eigenvalue weighted by atomic mass is 9.92. The minimum atomic E-state index is 0.140. The largest absolute Gasteiger partial charge is 0.378 e. The predicted molar refractivity (Wildman–Crippen MR) is 83.9 cm³/mol. The second-order valence-electron chi connectivity index (χ2n) is 6.47. The van der Waals surface area contributed by atoms with Gasteiger partial charge in [-0.25, -0.2) is 0 Å². The number of benzene rings is 1. The van der Waals surface area contributed by atoms with E-state index >= 15 is 0 Å². The first-order valence-corrected chi connectivity index (χ1v) is 7.59. The highest BCUT2D eigenvalue weighted by atomic mass is 16.5. The average molecular weight is 276 g/mol. The monoisotopic (exact) mass is 276 g/mol. The van der Waals surface area contributed by atoms with Gasteiger partial charge < -0.3 is 10.1 Å². The maximum Gasteiger partial charge on any atom is 0.0645 e. The number of nitrogens with zero attached hydrogens (tertiary/aromatic N) is 1. The fourth-order valence-electron chi connectivity index (χ4n) is 3.12. The summed E-state index contributed by atoms with van der Waals surface area (Å²) in [5, 5.41) is 3.48. The highest BCUT2D eigenvalue weighted by molar-refractivity contribution is 5.19. The quantitative estimate of drug-likeness (QED) is 0.895. The third-order valence-corrected chi connectivity index (χ3v) is 4.36. The van der Waals surface area contributed by atoms with Gasteiger partial charge in [0.2, 0.25) is 0 Å². The molecule has 1 aliphatic rings. The molecule has 0 radical (unpaired) electrons. The van der Waals surface area contributed by atoms with Crippen LogP contribution in [0.3, 0.4) is 0 Å². The number of hydrogen-bond acceptors (Lipinski definition) is 3. The lowest BCUT2D eigenvalue weighted by Crippen LogP contribution is -2.54. The van der Waals surface area contributed by atoms with Crippen molar-refractivity contribution in [1.29, 1.82) is 0 Å². The van der Waals surface area contributed by atoms with Crippen molar-refractivity contribution in [3.63, 3.8) is 0 Å². The zero-order valence-corrected chi connectivity index (χ0v) is 13.2. The maximum atomic E-state index is 5.61. The van der Waals surface area contributed by atoms with Crippen molar-refractivity contribution >= 4 is 0 Å². The molecule has 1 N–H and O–H groups in total. The minimum absolute atomic E-state index is 0.140. The lowest BCUT2D eigenvalue weighted by Gasteiger charge is -2.44. The fourth-order valence-corrected chi connectivity index (χ4v) is 3.12. The van der Waals surface area contributed by atoms with Gasteiger partial charge in [-0.3, -0.25) is 4.90 Å². The van der Waals surface area contributed by atoms with Crippen molar-refractivity contribution in [1.82, 2.24) is 10.2 Å². The summed E-state index contributed by atoms with van der Waals surface area (Å²) < 4.78 is 5.61. The van der Waals surface area contributed by atoms with Gasteiger partial charge >= 0.3 is 0 Å². The van der Waals surface area contributed by atoms with Gasteiger partial charge in [0, 0.05) is 24.7 Å². The molecule has 112 valence electrons. The zero-order valence-electron chi connectivity index (χ0n) is 13.2. The van der Waals surface area contributed by atoms with E-state index in [1.165, 1.54) is 5.56 Å². The third kappa shape index (κ3) is 3.60. The van der Waals surface area contributed by atoms with Crippen LogP contribution in [0.2, 0.25) is 0 Å². The number of morpholine rings is 1. The molecule has 2 atom stereocenters. The molecule has 1 aliphatic heterocycles. The van der Waals surface area contributed by atoms with E-state index in [-0.39, 0.29) is 5.54 Å². The van der Waals surface area contributed by atoms with Gasteiger partial charge in [-0.05, 0) is 32.4 Å². The molecule has 0 spiro atoms. The van der Waals surface area contributed by atoms with Crippen molar-refractivity contribution < 1.29 is 4.74 Å². The topological polar surface area (TPSA) is 24.5 Å². The third-order valence-electron chi connectivity index (χ3n) is 4.36. The van der Waals surface area contributed by atoms with Gasteiger partial charge in [-0.2, -0.15) is 0 Å². The SMILES string of the molecule is CNC(c1ccccc1)C(C)CN1CCOCC1(C)C. The molecule has 0 amide bonds. The van der Waals surface area contributed by atoms with E-state index in [1.807, 2.05) is 0 Å². The van der Waals surface area contributed by atoms with Crippen LogP contribution in [0.15, 0.2) is 30.3 Å². The van der Waals surface area contributed by atoms with Crippen molar-refractivity contribution in [2.75, 3.05) is 33.4 Å². The summed E-state index contributed by atoms with van der Waals surface area (Å²) in [6, 6.07) is 11.1. The number of rotatable bonds is 5. The van der Waals surface area contributed by atoms with Crippen molar-refractivity contribution in [2.24, 2.45) is 5.92 Å². The van der Waals surface area contributed by atoms with E-state index in [1.54, 1.807) is 0 Å². The van der Waals surface area contributed by atoms with Gasteiger partial charge in [0.05, 0.1) is 13.2 Å². The first kappa shape index (κ1) is 15.5. The summed E-state index contributed by atoms with van der Waals surface area (Å²) in [7, 11) is 2.05. The summed E-state index contributed by atoms with van der Waals surface area (Å²) in [5.74, 6) is 0.555. The average Bonchev–Trinajstić information content (AvgIpc) is 2.43. The van der Waals surface area contributed by atoms with Gasteiger partial charge in [-0.15, -0.1) is 0 Å². The van der Waals surface area contributed by atoms with Gasteiger partial charge in [0.25, 0.3) is 0 Å². The van der Waals surface area contributed by atoms with Gasteiger partial charge in [0.1, 0.15) is 0 Å². The van der Waals surface area contributed by atoms with E-state index in [0.29, 0.717) is 12.0 Å². The Hall–Kier alpha value is -0.900. The Kier molecular flexibility index (Phi) is 5.19. The molecule has 2 rings (SSSR count). The van der Waals surface area contributed by atoms with Crippen molar-refractivity contribution in [2.45, 2.75) is 32.4 Å². The van der Waals surface area contributed by atoms with Crippen LogP contribution in [-0.2, 0) is 4.74 Å². The maximum absolute atomic E-state index is 5.61. The summed E-state index contributed by atoms with van der Waals surface area (Å²) in [5.41, 5.74) is 1.51. The zero-order chi connectivity index (χ0) is 14.6. The Morgan fingerprint density at radius 1 is 1.30 bits per heavy atom. The molecule has 0 aliphatic carbocycles. The number of nitrogens with one attached hydrogen (secondary N) is 1. The molecule has 0 bridgehead atoms. The van der Waals surface area contributed by atoms with Gasteiger partial charge in [0.15, 0.2) is 0 Å². The van der Waals surface area contributed by atoms with E-state index in [4.69, 9.17) is 4.74 Å². The van der Waals surface area contributed by atoms with Crippen LogP contribution < -0.4 is 5.32 Å². The molecule has 0 aromatic heterocycles. The highest BCUT2D eigenvalue weighted by Gasteiger charge is 2.32. The van der Waals surface area contributed by atoms with E-state index in [2.05, 4.69) is 68.4 Å². The smallest absolute Gasteiger partial charge is 0.0645 e. The Balaban J connectivity index is 2.04. The van der Waals surface area contributed by atoms with Crippen LogP contribution in [0, 0.1) is 5.92 Å². The van der Waals surface area contributed by atoms with E-state index < -0.39 is 0 Å². The number of hydrogen-bond donors (Lipinski definition) is 1. The van der Waals surface area contributed by atoms with Crippen molar-refractivity contribution in [3.8, 4) is 0 Å². The molecular weight excluding hydrogens is 248 g/mol. The standard InChI is InChI=1S/C17H28N2O/c1-14(12-19-10-11-20-13-17(19,2)3)16(18-4)15-8-6-5-7-9-15/h5-9,14,16,18H,10-13H2,1-4H3. The highest BCUT2D eigenvalue weighted by Crippen LogP contribution is 2.26. The van der Waals surface area contributed by atoms with Crippen LogP contribution in [0.4, 0.5) is 0 Å². The van der Waals surface area contributed by atoms with Gasteiger partial charge in [-0.1, -0.05) is 37.3 Å². The summed E-state index contributed by atoms with van der Waals surface area (Å²) >= 11 is 0. The molecule has 1 aromatic rings. The Bertz CT molecular complexity index is 405. The van der Waals surface area contributed by atoms with Crippen molar-refractivity contribution in [3.05, 3.63) is 35.9 Å². The molecule has 3 heteroatoms. The van der Waals surface area contributed by atoms with Crippen LogP contribution in [0.1, 0.15) is 32.4 Å². The minimum Gasteiger partial charge on any atom is -0.378 e. The van der Waals surface area contributed by atoms with E-state index in [0.717, 1.165) is 26.3 Å². The molecule has 2 unspecified atom stereocenters. The molecular formula is C17H28N2O. The molecule has 1 aromatic carbocycles. The Morgan fingerprint density at radius 2 is 2.00 bits per heavy atom. The molecule has 20 heavy (non-hydrogen) atoms. The summed E-state index contributed by atoms with van der Waals surface area (Å²) in [6.45, 7) is 10.7. The first-order chi connectivity index (χ1) is 9.54. The molecule has 1 saturated heterocycles. The Labute approximate surface area is 123 Å². The second-order valence-corrected chi connectivity index (χ2v) is 6.47. The molecule has 3 nitrogen and oxygen atoms in total. The predicted octanol–water partition coefficient (Wildman–Crippen LogP) is 2.69. The fraction of sp³-hybridized carbons (Fsp3) is 0.647. The lowest BCUT2D eigenvalue weighted by molar-refractivity contribution is -0.0580. The van der Waals surface area contributed by atoms with Crippen LogP contribution >= 0.6 is 0 Å². The number of ether oxygens (including phenoxy) is 1. The Morgan fingerprint density at radius 3 is 2.60 bits per heavy atom. The van der Waals surface area contributed by atoms with Crippen LogP contribution in [-0.4, -0.2) is 43.8 Å².